The Morgan fingerprint density at radius 1 is 1.22 bits per heavy atom. The third kappa shape index (κ3) is 3.81. The van der Waals surface area contributed by atoms with Gasteiger partial charge in [-0.1, -0.05) is 11.2 Å². The molecular weight excluding hydrogens is 380 g/mol. The molecule has 0 bridgehead atoms. The van der Waals surface area contributed by atoms with Gasteiger partial charge in [0.1, 0.15) is 22.0 Å². The standard InChI is InChI=1S/C19H16N4O2S2/c1-12-16(17(23-25-12)13-4-2-6-20-11-13)18(24)22-15(19-21-7-9-27-19)10-14-5-3-8-26-14/h2-9,11,15H,10H2,1H3,(H,22,24). The summed E-state index contributed by atoms with van der Waals surface area (Å²) in [6, 6.07) is 7.50. The van der Waals surface area contributed by atoms with E-state index in [1.807, 2.05) is 22.9 Å². The summed E-state index contributed by atoms with van der Waals surface area (Å²) >= 11 is 3.19. The maximum Gasteiger partial charge on any atom is 0.257 e. The number of pyridine rings is 1. The summed E-state index contributed by atoms with van der Waals surface area (Å²) in [5, 5.41) is 12.0. The van der Waals surface area contributed by atoms with Crippen LogP contribution >= 0.6 is 22.7 Å². The van der Waals surface area contributed by atoms with Crippen LogP contribution in [0.1, 0.15) is 32.0 Å². The monoisotopic (exact) mass is 396 g/mol. The number of hydrogen-bond acceptors (Lipinski definition) is 7. The van der Waals surface area contributed by atoms with Gasteiger partial charge in [-0.25, -0.2) is 4.98 Å². The smallest absolute Gasteiger partial charge is 0.257 e. The number of rotatable bonds is 6. The second-order valence-corrected chi connectivity index (χ2v) is 7.84. The summed E-state index contributed by atoms with van der Waals surface area (Å²) in [4.78, 5) is 22.8. The van der Waals surface area contributed by atoms with Crippen LogP contribution in [0.2, 0.25) is 0 Å². The highest BCUT2D eigenvalue weighted by molar-refractivity contribution is 7.10. The molecular formula is C19H16N4O2S2. The molecule has 0 aromatic carbocycles. The van der Waals surface area contributed by atoms with Crippen molar-refractivity contribution in [2.75, 3.05) is 0 Å². The normalized spacial score (nSPS) is 12.0. The molecule has 0 saturated heterocycles. The zero-order valence-electron chi connectivity index (χ0n) is 14.5. The van der Waals surface area contributed by atoms with Crippen LogP contribution < -0.4 is 5.32 Å². The largest absolute Gasteiger partial charge is 0.360 e. The number of aromatic nitrogens is 3. The van der Waals surface area contributed by atoms with Crippen LogP contribution in [0.3, 0.4) is 0 Å². The molecule has 4 rings (SSSR count). The van der Waals surface area contributed by atoms with E-state index in [0.717, 1.165) is 10.6 Å². The molecule has 0 saturated carbocycles. The van der Waals surface area contributed by atoms with Gasteiger partial charge in [-0.2, -0.15) is 0 Å². The fraction of sp³-hybridized carbons (Fsp3) is 0.158. The molecule has 136 valence electrons. The van der Waals surface area contributed by atoms with Crippen LogP contribution in [0.5, 0.6) is 0 Å². The molecule has 8 heteroatoms. The first-order valence-corrected chi connectivity index (χ1v) is 10.1. The molecule has 4 aromatic heterocycles. The zero-order valence-corrected chi connectivity index (χ0v) is 16.1. The maximum atomic E-state index is 13.1. The van der Waals surface area contributed by atoms with Gasteiger partial charge in [0.15, 0.2) is 0 Å². The summed E-state index contributed by atoms with van der Waals surface area (Å²) in [6.07, 6.45) is 5.77. The van der Waals surface area contributed by atoms with Gasteiger partial charge < -0.3 is 9.84 Å². The molecule has 4 aromatic rings. The van der Waals surface area contributed by atoms with Gasteiger partial charge in [0, 0.05) is 40.8 Å². The van der Waals surface area contributed by atoms with Gasteiger partial charge in [-0.3, -0.25) is 9.78 Å². The first kappa shape index (κ1) is 17.6. The Morgan fingerprint density at radius 2 is 2.15 bits per heavy atom. The first-order chi connectivity index (χ1) is 13.2. The van der Waals surface area contributed by atoms with Crippen LogP contribution in [-0.4, -0.2) is 21.0 Å². The average Bonchev–Trinajstić information content (AvgIpc) is 3.44. The minimum Gasteiger partial charge on any atom is -0.360 e. The third-order valence-electron chi connectivity index (χ3n) is 4.07. The molecule has 0 fully saturated rings. The fourth-order valence-electron chi connectivity index (χ4n) is 2.81. The van der Waals surface area contributed by atoms with Crippen molar-refractivity contribution in [3.63, 3.8) is 0 Å². The molecule has 0 spiro atoms. The second kappa shape index (κ2) is 7.81. The molecule has 1 amide bonds. The Morgan fingerprint density at radius 3 is 2.85 bits per heavy atom. The quantitative estimate of drug-likeness (QED) is 0.526. The molecule has 0 radical (unpaired) electrons. The Kier molecular flexibility index (Phi) is 5.08. The van der Waals surface area contributed by atoms with Gasteiger partial charge in [0.2, 0.25) is 0 Å². The molecule has 1 N–H and O–H groups in total. The summed E-state index contributed by atoms with van der Waals surface area (Å²) in [7, 11) is 0. The Labute approximate surface area is 163 Å². The number of thiophene rings is 1. The van der Waals surface area contributed by atoms with Gasteiger partial charge in [-0.15, -0.1) is 22.7 Å². The van der Waals surface area contributed by atoms with E-state index in [-0.39, 0.29) is 11.9 Å². The van der Waals surface area contributed by atoms with E-state index in [9.17, 15) is 4.79 Å². The van der Waals surface area contributed by atoms with Crippen molar-refractivity contribution in [2.45, 2.75) is 19.4 Å². The van der Waals surface area contributed by atoms with Crippen LogP contribution in [-0.2, 0) is 6.42 Å². The predicted molar refractivity (Wildman–Crippen MR) is 105 cm³/mol. The Bertz CT molecular complexity index is 1010. The Hall–Kier alpha value is -2.84. The topological polar surface area (TPSA) is 80.9 Å². The lowest BCUT2D eigenvalue weighted by atomic mass is 10.1. The first-order valence-electron chi connectivity index (χ1n) is 8.31. The highest BCUT2D eigenvalue weighted by Gasteiger charge is 2.25. The van der Waals surface area contributed by atoms with E-state index in [2.05, 4.69) is 26.5 Å². The number of amides is 1. The molecule has 27 heavy (non-hydrogen) atoms. The van der Waals surface area contributed by atoms with Crippen molar-refractivity contribution in [1.29, 1.82) is 0 Å². The van der Waals surface area contributed by atoms with Crippen molar-refractivity contribution in [1.82, 2.24) is 20.4 Å². The lowest BCUT2D eigenvalue weighted by molar-refractivity contribution is 0.0935. The molecule has 0 aliphatic rings. The summed E-state index contributed by atoms with van der Waals surface area (Å²) in [6.45, 7) is 1.74. The van der Waals surface area contributed by atoms with Crippen LogP contribution in [0, 0.1) is 6.92 Å². The predicted octanol–water partition coefficient (Wildman–Crippen LogP) is 4.28. The zero-order chi connectivity index (χ0) is 18.6. The van der Waals surface area contributed by atoms with Crippen molar-refractivity contribution < 1.29 is 9.32 Å². The van der Waals surface area contributed by atoms with Crippen LogP contribution in [0.4, 0.5) is 0 Å². The van der Waals surface area contributed by atoms with E-state index in [1.165, 1.54) is 16.2 Å². The van der Waals surface area contributed by atoms with Crippen molar-refractivity contribution in [2.24, 2.45) is 0 Å². The fourth-order valence-corrected chi connectivity index (χ4v) is 4.25. The number of nitrogens with zero attached hydrogens (tertiary/aromatic N) is 3. The van der Waals surface area contributed by atoms with E-state index in [0.29, 0.717) is 23.4 Å². The highest BCUT2D eigenvalue weighted by atomic mass is 32.1. The van der Waals surface area contributed by atoms with Crippen LogP contribution in [0.25, 0.3) is 11.3 Å². The molecule has 1 unspecified atom stereocenters. The minimum atomic E-state index is -0.232. The minimum absolute atomic E-state index is 0.216. The van der Waals surface area contributed by atoms with E-state index in [4.69, 9.17) is 4.52 Å². The molecule has 0 aliphatic carbocycles. The second-order valence-electron chi connectivity index (χ2n) is 5.88. The van der Waals surface area contributed by atoms with E-state index >= 15 is 0 Å². The number of hydrogen-bond donors (Lipinski definition) is 1. The molecule has 0 aliphatic heterocycles. The Balaban J connectivity index is 1.63. The van der Waals surface area contributed by atoms with Crippen LogP contribution in [0.15, 0.2) is 58.1 Å². The van der Waals surface area contributed by atoms with Gasteiger partial charge >= 0.3 is 0 Å². The number of carbonyl (C=O) groups excluding carboxylic acids is 1. The average molecular weight is 396 g/mol. The summed E-state index contributed by atoms with van der Waals surface area (Å²) in [5.41, 5.74) is 1.66. The van der Waals surface area contributed by atoms with Gasteiger partial charge in [0.05, 0.1) is 6.04 Å². The number of nitrogens with one attached hydrogen (secondary N) is 1. The number of thiazole rings is 1. The van der Waals surface area contributed by atoms with Crippen molar-refractivity contribution in [3.8, 4) is 11.3 Å². The third-order valence-corrected chi connectivity index (χ3v) is 5.85. The SMILES string of the molecule is Cc1onc(-c2cccnc2)c1C(=O)NC(Cc1cccs1)c1nccs1. The van der Waals surface area contributed by atoms with Crippen molar-refractivity contribution >= 4 is 28.6 Å². The lowest BCUT2D eigenvalue weighted by Gasteiger charge is -2.16. The molecule has 1 atom stereocenters. The summed E-state index contributed by atoms with van der Waals surface area (Å²) < 4.78 is 5.30. The molecule has 4 heterocycles. The summed E-state index contributed by atoms with van der Waals surface area (Å²) in [5.74, 6) is 0.240. The molecule has 6 nitrogen and oxygen atoms in total. The van der Waals surface area contributed by atoms with E-state index < -0.39 is 0 Å². The van der Waals surface area contributed by atoms with Gasteiger partial charge in [-0.05, 0) is 30.5 Å². The van der Waals surface area contributed by atoms with Crippen molar-refractivity contribution in [3.05, 3.63) is 74.8 Å². The lowest BCUT2D eigenvalue weighted by Crippen LogP contribution is -2.30. The van der Waals surface area contributed by atoms with Gasteiger partial charge in [0.25, 0.3) is 5.91 Å². The highest BCUT2D eigenvalue weighted by Crippen LogP contribution is 2.27. The van der Waals surface area contributed by atoms with E-state index in [1.54, 1.807) is 42.9 Å². The number of carbonyl (C=O) groups is 1. The maximum absolute atomic E-state index is 13.1. The number of aryl methyl sites for hydroxylation is 1.